The lowest BCUT2D eigenvalue weighted by Crippen LogP contribution is -2.45. The first-order chi connectivity index (χ1) is 7.69. The van der Waals surface area contributed by atoms with Crippen molar-refractivity contribution in [3.8, 4) is 0 Å². The van der Waals surface area contributed by atoms with Crippen LogP contribution in [0.4, 0.5) is 0 Å². The molecule has 1 unspecified atom stereocenters. The van der Waals surface area contributed by atoms with E-state index in [2.05, 4.69) is 0 Å². The lowest BCUT2D eigenvalue weighted by molar-refractivity contribution is -0.134. The smallest absolute Gasteiger partial charge is 0.242 e. The predicted octanol–water partition coefficient (Wildman–Crippen LogP) is 1.49. The first-order valence-corrected chi connectivity index (χ1v) is 6.12. The summed E-state index contributed by atoms with van der Waals surface area (Å²) in [5, 5.41) is 2.00. The number of nitrogens with zero attached hydrogens (tertiary/aromatic N) is 1. The molecule has 98 valence electrons. The van der Waals surface area contributed by atoms with Gasteiger partial charge in [-0.2, -0.15) is 0 Å². The van der Waals surface area contributed by atoms with Crippen molar-refractivity contribution in [2.75, 3.05) is 20.3 Å². The van der Waals surface area contributed by atoms with Gasteiger partial charge in [-0.3, -0.25) is 4.79 Å². The molecule has 0 bridgehead atoms. The van der Waals surface area contributed by atoms with Gasteiger partial charge in [-0.25, -0.2) is 0 Å². The molecule has 6 heteroatoms. The van der Waals surface area contributed by atoms with Gasteiger partial charge in [0.15, 0.2) is 0 Å². The number of thiophene rings is 1. The van der Waals surface area contributed by atoms with Crippen LogP contribution in [0.5, 0.6) is 0 Å². The number of rotatable bonds is 6. The van der Waals surface area contributed by atoms with Gasteiger partial charge >= 0.3 is 0 Å². The van der Waals surface area contributed by atoms with E-state index in [0.29, 0.717) is 13.1 Å². The molecular formula is C11H19ClN2O2S. The van der Waals surface area contributed by atoms with Crippen LogP contribution in [-0.2, 0) is 16.1 Å². The van der Waals surface area contributed by atoms with Crippen LogP contribution >= 0.6 is 23.7 Å². The van der Waals surface area contributed by atoms with Gasteiger partial charge in [0, 0.05) is 18.5 Å². The molecule has 1 aromatic rings. The van der Waals surface area contributed by atoms with E-state index in [-0.39, 0.29) is 24.9 Å². The topological polar surface area (TPSA) is 55.6 Å². The molecule has 1 aromatic heterocycles. The van der Waals surface area contributed by atoms with E-state index >= 15 is 0 Å². The molecule has 0 aliphatic rings. The van der Waals surface area contributed by atoms with Crippen molar-refractivity contribution in [2.24, 2.45) is 5.73 Å². The summed E-state index contributed by atoms with van der Waals surface area (Å²) >= 11 is 1.64. The fourth-order valence-electron chi connectivity index (χ4n) is 1.42. The zero-order chi connectivity index (χ0) is 12.0. The number of carbonyl (C=O) groups is 1. The molecule has 1 rings (SSSR count). The molecule has 0 spiro atoms. The lowest BCUT2D eigenvalue weighted by atomic mass is 10.2. The predicted molar refractivity (Wildman–Crippen MR) is 72.5 cm³/mol. The number of hydrogen-bond acceptors (Lipinski definition) is 4. The molecule has 0 saturated carbocycles. The lowest BCUT2D eigenvalue weighted by Gasteiger charge is -2.23. The van der Waals surface area contributed by atoms with Crippen LogP contribution in [0.15, 0.2) is 17.5 Å². The van der Waals surface area contributed by atoms with E-state index in [1.54, 1.807) is 23.3 Å². The maximum Gasteiger partial charge on any atom is 0.242 e. The molecule has 4 nitrogen and oxygen atoms in total. The quantitative estimate of drug-likeness (QED) is 0.858. The van der Waals surface area contributed by atoms with Crippen LogP contribution in [0.25, 0.3) is 0 Å². The summed E-state index contributed by atoms with van der Waals surface area (Å²) in [7, 11) is 1.54. The second-order valence-corrected chi connectivity index (χ2v) is 4.53. The number of halogens is 1. The Morgan fingerprint density at radius 1 is 1.65 bits per heavy atom. The van der Waals surface area contributed by atoms with Crippen molar-refractivity contribution in [3.05, 3.63) is 22.4 Å². The molecule has 1 atom stereocenters. The third-order valence-electron chi connectivity index (χ3n) is 2.28. The van der Waals surface area contributed by atoms with Crippen molar-refractivity contribution in [1.29, 1.82) is 0 Å². The van der Waals surface area contributed by atoms with Crippen molar-refractivity contribution in [1.82, 2.24) is 4.90 Å². The SMILES string of the molecule is CCN(Cc1cccs1)C(=O)C(N)COC.Cl. The molecule has 0 aliphatic carbocycles. The monoisotopic (exact) mass is 278 g/mol. The minimum Gasteiger partial charge on any atom is -0.383 e. The van der Waals surface area contributed by atoms with Crippen LogP contribution in [0, 0.1) is 0 Å². The normalized spacial score (nSPS) is 11.7. The minimum absolute atomic E-state index is 0. The van der Waals surface area contributed by atoms with Gasteiger partial charge in [0.1, 0.15) is 6.04 Å². The van der Waals surface area contributed by atoms with Crippen LogP contribution in [0.3, 0.4) is 0 Å². The fourth-order valence-corrected chi connectivity index (χ4v) is 2.14. The number of hydrogen-bond donors (Lipinski definition) is 1. The van der Waals surface area contributed by atoms with E-state index in [1.165, 1.54) is 4.88 Å². The first-order valence-electron chi connectivity index (χ1n) is 5.24. The highest BCUT2D eigenvalue weighted by atomic mass is 35.5. The highest BCUT2D eigenvalue weighted by Gasteiger charge is 2.19. The van der Waals surface area contributed by atoms with E-state index in [9.17, 15) is 4.79 Å². The summed E-state index contributed by atoms with van der Waals surface area (Å²) in [6, 6.07) is 3.43. The molecule has 1 heterocycles. The molecule has 1 amide bonds. The number of methoxy groups -OCH3 is 1. The van der Waals surface area contributed by atoms with Crippen molar-refractivity contribution < 1.29 is 9.53 Å². The van der Waals surface area contributed by atoms with E-state index in [4.69, 9.17) is 10.5 Å². The summed E-state index contributed by atoms with van der Waals surface area (Å²) in [6.07, 6.45) is 0. The van der Waals surface area contributed by atoms with Crippen molar-refractivity contribution in [2.45, 2.75) is 19.5 Å². The average Bonchev–Trinajstić information content (AvgIpc) is 2.78. The maximum atomic E-state index is 11.9. The van der Waals surface area contributed by atoms with Gasteiger partial charge in [0.05, 0.1) is 13.2 Å². The van der Waals surface area contributed by atoms with Crippen LogP contribution in [-0.4, -0.2) is 37.1 Å². The van der Waals surface area contributed by atoms with Gasteiger partial charge in [-0.1, -0.05) is 6.07 Å². The highest BCUT2D eigenvalue weighted by molar-refractivity contribution is 7.09. The molecule has 0 fully saturated rings. The Bertz CT molecular complexity index is 319. The number of ether oxygens (including phenoxy) is 1. The third-order valence-corrected chi connectivity index (χ3v) is 3.14. The maximum absolute atomic E-state index is 11.9. The number of likely N-dealkylation sites (N-methyl/N-ethyl adjacent to an activating group) is 1. The molecule has 17 heavy (non-hydrogen) atoms. The molecule has 0 saturated heterocycles. The Morgan fingerprint density at radius 3 is 2.82 bits per heavy atom. The minimum atomic E-state index is -0.565. The fraction of sp³-hybridized carbons (Fsp3) is 0.545. The van der Waals surface area contributed by atoms with Gasteiger partial charge in [-0.15, -0.1) is 23.7 Å². The Morgan fingerprint density at radius 2 is 2.35 bits per heavy atom. The number of amides is 1. The van der Waals surface area contributed by atoms with Crippen LogP contribution in [0.1, 0.15) is 11.8 Å². The van der Waals surface area contributed by atoms with Crippen LogP contribution in [0.2, 0.25) is 0 Å². The molecule has 0 aromatic carbocycles. The van der Waals surface area contributed by atoms with Crippen LogP contribution < -0.4 is 5.73 Å². The number of carbonyl (C=O) groups excluding carboxylic acids is 1. The Balaban J connectivity index is 0.00000256. The average molecular weight is 279 g/mol. The van der Waals surface area contributed by atoms with Gasteiger partial charge < -0.3 is 15.4 Å². The Kier molecular flexibility index (Phi) is 8.16. The second-order valence-electron chi connectivity index (χ2n) is 3.49. The second kappa shape index (κ2) is 8.47. The Labute approximate surface area is 112 Å². The Hall–Kier alpha value is -0.620. The van der Waals surface area contributed by atoms with E-state index < -0.39 is 6.04 Å². The largest absolute Gasteiger partial charge is 0.383 e. The summed E-state index contributed by atoms with van der Waals surface area (Å²) in [5.41, 5.74) is 5.72. The summed E-state index contributed by atoms with van der Waals surface area (Å²) in [4.78, 5) is 14.8. The molecule has 0 aliphatic heterocycles. The third kappa shape index (κ3) is 5.04. The van der Waals surface area contributed by atoms with Crippen molar-refractivity contribution in [3.63, 3.8) is 0 Å². The highest BCUT2D eigenvalue weighted by Crippen LogP contribution is 2.12. The van der Waals surface area contributed by atoms with Gasteiger partial charge in [0.25, 0.3) is 0 Å². The molecule has 0 radical (unpaired) electrons. The summed E-state index contributed by atoms with van der Waals surface area (Å²) in [5.74, 6) is -0.0576. The molecule has 2 N–H and O–H groups in total. The summed E-state index contributed by atoms with van der Waals surface area (Å²) < 4.78 is 4.88. The van der Waals surface area contributed by atoms with Crippen molar-refractivity contribution >= 4 is 29.7 Å². The first kappa shape index (κ1) is 16.4. The van der Waals surface area contributed by atoms with Gasteiger partial charge in [0.2, 0.25) is 5.91 Å². The summed E-state index contributed by atoms with van der Waals surface area (Å²) in [6.45, 7) is 3.50. The standard InChI is InChI=1S/C11H18N2O2S.ClH/c1-3-13(7-9-5-4-6-16-9)11(14)10(12)8-15-2;/h4-6,10H,3,7-8,12H2,1-2H3;1H. The molecular weight excluding hydrogens is 260 g/mol. The zero-order valence-electron chi connectivity index (χ0n) is 10.1. The zero-order valence-corrected chi connectivity index (χ0v) is 11.7. The number of nitrogens with two attached hydrogens (primary N) is 1. The van der Waals surface area contributed by atoms with E-state index in [0.717, 1.165) is 0 Å². The van der Waals surface area contributed by atoms with Gasteiger partial charge in [-0.05, 0) is 18.4 Å². The van der Waals surface area contributed by atoms with E-state index in [1.807, 2.05) is 24.4 Å².